The minimum Gasteiger partial charge on any atom is -0.383 e. The summed E-state index contributed by atoms with van der Waals surface area (Å²) in [5.74, 6) is 1.11. The van der Waals surface area contributed by atoms with Crippen molar-refractivity contribution in [3.63, 3.8) is 0 Å². The van der Waals surface area contributed by atoms with Crippen molar-refractivity contribution in [3.8, 4) is 11.3 Å². The lowest BCUT2D eigenvalue weighted by Crippen LogP contribution is -2.04. The summed E-state index contributed by atoms with van der Waals surface area (Å²) in [6, 6.07) is 4.56. The second kappa shape index (κ2) is 4.46. The lowest BCUT2D eigenvalue weighted by atomic mass is 10.1. The van der Waals surface area contributed by atoms with E-state index in [4.69, 9.17) is 17.3 Å². The van der Waals surface area contributed by atoms with E-state index >= 15 is 0 Å². The summed E-state index contributed by atoms with van der Waals surface area (Å²) in [5.41, 5.74) is 7.58. The van der Waals surface area contributed by atoms with Crippen LogP contribution >= 0.6 is 11.6 Å². The molecule has 0 atom stereocenters. The lowest BCUT2D eigenvalue weighted by molar-refractivity contribution is 0.630. The third-order valence-corrected chi connectivity index (χ3v) is 3.56. The minimum absolute atomic E-state index is 0.364. The molecule has 3 nitrogen and oxygen atoms in total. The van der Waals surface area contributed by atoms with E-state index in [0.29, 0.717) is 39.4 Å². The van der Waals surface area contributed by atoms with Gasteiger partial charge < -0.3 is 5.73 Å². The van der Waals surface area contributed by atoms with Crippen molar-refractivity contribution in [3.05, 3.63) is 40.4 Å². The Balaban J connectivity index is 2.17. The van der Waals surface area contributed by atoms with Gasteiger partial charge in [0.2, 0.25) is 0 Å². The molecule has 0 saturated heterocycles. The largest absolute Gasteiger partial charge is 0.383 e. The van der Waals surface area contributed by atoms with Gasteiger partial charge in [0.1, 0.15) is 17.5 Å². The van der Waals surface area contributed by atoms with Crippen LogP contribution in [0.3, 0.4) is 0 Å². The molecule has 1 aromatic carbocycles. The van der Waals surface area contributed by atoms with Crippen LogP contribution in [0.25, 0.3) is 11.3 Å². The first-order valence-electron chi connectivity index (χ1n) is 6.15. The number of hydrogen-bond acceptors (Lipinski definition) is 3. The van der Waals surface area contributed by atoms with Crippen LogP contribution in [0, 0.1) is 12.7 Å². The molecule has 98 valence electrons. The molecule has 2 N–H and O–H groups in total. The molecule has 5 heteroatoms. The van der Waals surface area contributed by atoms with Crippen molar-refractivity contribution in [1.29, 1.82) is 0 Å². The van der Waals surface area contributed by atoms with Crippen LogP contribution in [-0.2, 0) is 0 Å². The Bertz CT molecular complexity index is 653. The number of nitrogens with zero attached hydrogens (tertiary/aromatic N) is 2. The molecule has 0 amide bonds. The van der Waals surface area contributed by atoms with Gasteiger partial charge in [-0.2, -0.15) is 0 Å². The van der Waals surface area contributed by atoms with Crippen molar-refractivity contribution >= 4 is 17.4 Å². The molecule has 0 aliphatic heterocycles. The van der Waals surface area contributed by atoms with Crippen molar-refractivity contribution in [2.24, 2.45) is 0 Å². The number of anilines is 1. The number of nitrogens with two attached hydrogens (primary N) is 1. The number of rotatable bonds is 2. The number of nitrogen functional groups attached to an aromatic ring is 1. The molecule has 1 fully saturated rings. The van der Waals surface area contributed by atoms with Gasteiger partial charge in [0.25, 0.3) is 0 Å². The van der Waals surface area contributed by atoms with Gasteiger partial charge in [0, 0.05) is 22.1 Å². The molecule has 0 unspecified atom stereocenters. The van der Waals surface area contributed by atoms with Crippen LogP contribution in [-0.4, -0.2) is 9.97 Å². The van der Waals surface area contributed by atoms with E-state index in [1.165, 1.54) is 6.07 Å². The van der Waals surface area contributed by atoms with Gasteiger partial charge in [-0.05, 0) is 38.0 Å². The molecule has 0 bridgehead atoms. The number of halogens is 2. The summed E-state index contributed by atoms with van der Waals surface area (Å²) in [7, 11) is 0. The molecule has 3 rings (SSSR count). The van der Waals surface area contributed by atoms with Crippen molar-refractivity contribution in [2.45, 2.75) is 25.7 Å². The number of hydrogen-bond donors (Lipinski definition) is 1. The van der Waals surface area contributed by atoms with Crippen LogP contribution < -0.4 is 5.73 Å². The molecule has 1 aliphatic carbocycles. The zero-order valence-corrected chi connectivity index (χ0v) is 11.2. The average molecular weight is 278 g/mol. The van der Waals surface area contributed by atoms with Crippen molar-refractivity contribution < 1.29 is 4.39 Å². The van der Waals surface area contributed by atoms with Gasteiger partial charge in [0.15, 0.2) is 0 Å². The Morgan fingerprint density at radius 2 is 2.05 bits per heavy atom. The van der Waals surface area contributed by atoms with Crippen molar-refractivity contribution in [1.82, 2.24) is 9.97 Å². The summed E-state index contributed by atoms with van der Waals surface area (Å²) in [4.78, 5) is 8.77. The Morgan fingerprint density at radius 1 is 1.32 bits per heavy atom. The topological polar surface area (TPSA) is 51.8 Å². The molecular formula is C14H13ClFN3. The summed E-state index contributed by atoms with van der Waals surface area (Å²) in [6.07, 6.45) is 2.15. The fourth-order valence-electron chi connectivity index (χ4n) is 2.02. The second-order valence-corrected chi connectivity index (χ2v) is 5.28. The molecule has 1 aliphatic rings. The van der Waals surface area contributed by atoms with Gasteiger partial charge in [-0.25, -0.2) is 14.4 Å². The third kappa shape index (κ3) is 2.28. The smallest absolute Gasteiger partial charge is 0.134 e. The number of benzene rings is 1. The molecule has 0 spiro atoms. The zero-order chi connectivity index (χ0) is 13.6. The molecule has 0 radical (unpaired) electrons. The molecule has 1 heterocycles. The lowest BCUT2D eigenvalue weighted by Gasteiger charge is -2.10. The Kier molecular flexibility index (Phi) is 2.90. The Hall–Kier alpha value is -1.68. The highest BCUT2D eigenvalue weighted by Gasteiger charge is 2.28. The van der Waals surface area contributed by atoms with Crippen molar-refractivity contribution in [2.75, 3.05) is 5.73 Å². The van der Waals surface area contributed by atoms with E-state index in [2.05, 4.69) is 9.97 Å². The molecule has 2 aromatic rings. The zero-order valence-electron chi connectivity index (χ0n) is 10.5. The van der Waals surface area contributed by atoms with Crippen LogP contribution in [0.4, 0.5) is 10.2 Å². The average Bonchev–Trinajstić information content (AvgIpc) is 3.17. The van der Waals surface area contributed by atoms with Gasteiger partial charge >= 0.3 is 0 Å². The maximum absolute atomic E-state index is 14.0. The quantitative estimate of drug-likeness (QED) is 0.910. The minimum atomic E-state index is -0.393. The van der Waals surface area contributed by atoms with Crippen LogP contribution in [0.2, 0.25) is 5.02 Å². The van der Waals surface area contributed by atoms with E-state index < -0.39 is 5.82 Å². The number of aromatic nitrogens is 2. The van der Waals surface area contributed by atoms with Crippen LogP contribution in [0.15, 0.2) is 18.2 Å². The second-order valence-electron chi connectivity index (χ2n) is 4.84. The monoisotopic (exact) mass is 277 g/mol. The highest BCUT2D eigenvalue weighted by atomic mass is 35.5. The predicted molar refractivity (Wildman–Crippen MR) is 73.6 cm³/mol. The van der Waals surface area contributed by atoms with Gasteiger partial charge in [-0.15, -0.1) is 0 Å². The van der Waals surface area contributed by atoms with E-state index in [0.717, 1.165) is 12.8 Å². The van der Waals surface area contributed by atoms with Gasteiger partial charge in [-0.1, -0.05) is 11.6 Å². The van der Waals surface area contributed by atoms with E-state index in [-0.39, 0.29) is 0 Å². The highest BCUT2D eigenvalue weighted by Crippen LogP contribution is 2.40. The first-order chi connectivity index (χ1) is 9.06. The molecule has 19 heavy (non-hydrogen) atoms. The van der Waals surface area contributed by atoms with Crippen LogP contribution in [0.1, 0.15) is 30.1 Å². The molecular weight excluding hydrogens is 265 g/mol. The maximum atomic E-state index is 14.0. The highest BCUT2D eigenvalue weighted by molar-refractivity contribution is 6.30. The molecule has 1 saturated carbocycles. The van der Waals surface area contributed by atoms with Gasteiger partial charge in [-0.3, -0.25) is 0 Å². The SMILES string of the molecule is Cc1c(N)nc(C2CC2)nc1-c1ccc(Cl)cc1F. The Morgan fingerprint density at radius 3 is 2.68 bits per heavy atom. The maximum Gasteiger partial charge on any atom is 0.134 e. The summed E-state index contributed by atoms with van der Waals surface area (Å²) in [5, 5.41) is 0.364. The third-order valence-electron chi connectivity index (χ3n) is 3.33. The van der Waals surface area contributed by atoms with E-state index in [1.807, 2.05) is 0 Å². The predicted octanol–water partition coefficient (Wildman–Crippen LogP) is 3.70. The summed E-state index contributed by atoms with van der Waals surface area (Å²) >= 11 is 5.77. The van der Waals surface area contributed by atoms with Gasteiger partial charge in [0.05, 0.1) is 5.69 Å². The fraction of sp³-hybridized carbons (Fsp3) is 0.286. The van der Waals surface area contributed by atoms with E-state index in [1.54, 1.807) is 19.1 Å². The van der Waals surface area contributed by atoms with Crippen LogP contribution in [0.5, 0.6) is 0 Å². The molecule has 1 aromatic heterocycles. The first kappa shape index (κ1) is 12.4. The first-order valence-corrected chi connectivity index (χ1v) is 6.53. The normalized spacial score (nSPS) is 14.7. The summed E-state index contributed by atoms with van der Waals surface area (Å²) in [6.45, 7) is 1.80. The fourth-order valence-corrected chi connectivity index (χ4v) is 2.18. The summed E-state index contributed by atoms with van der Waals surface area (Å²) < 4.78 is 14.0. The standard InChI is InChI=1S/C14H13ClFN3/c1-7-12(10-5-4-9(15)6-11(10)16)18-14(8-2-3-8)19-13(7)17/h4-6,8H,2-3H2,1H3,(H2,17,18,19). The Labute approximate surface area is 115 Å². The van der Waals surface area contributed by atoms with E-state index in [9.17, 15) is 4.39 Å².